The second-order valence-corrected chi connectivity index (χ2v) is 4.90. The van der Waals surface area contributed by atoms with Crippen LogP contribution in [0.1, 0.15) is 5.56 Å². The van der Waals surface area contributed by atoms with Gasteiger partial charge in [0.25, 0.3) is 0 Å². The molecule has 0 amide bonds. The van der Waals surface area contributed by atoms with E-state index in [1.807, 2.05) is 36.4 Å². The summed E-state index contributed by atoms with van der Waals surface area (Å²) in [5.74, 6) is 1.42. The summed E-state index contributed by atoms with van der Waals surface area (Å²) in [6.07, 6.45) is 3.16. The smallest absolute Gasteiger partial charge is 0.311 e. The molecule has 120 valence electrons. The first-order valence-corrected chi connectivity index (χ1v) is 7.23. The van der Waals surface area contributed by atoms with Gasteiger partial charge >= 0.3 is 5.69 Å². The number of hydrogen-bond acceptors (Lipinski definition) is 6. The van der Waals surface area contributed by atoms with Gasteiger partial charge in [-0.15, -0.1) is 0 Å². The van der Waals surface area contributed by atoms with Crippen molar-refractivity contribution in [2.45, 2.75) is 6.54 Å². The summed E-state index contributed by atoms with van der Waals surface area (Å²) in [4.78, 5) is 18.7. The topological polar surface area (TPSA) is 90.2 Å². The largest absolute Gasteiger partial charge is 0.439 e. The van der Waals surface area contributed by atoms with Crippen LogP contribution in [0.2, 0.25) is 0 Å². The van der Waals surface area contributed by atoms with Crippen molar-refractivity contribution in [3.8, 4) is 11.6 Å². The van der Waals surface area contributed by atoms with E-state index >= 15 is 0 Å². The van der Waals surface area contributed by atoms with E-state index in [1.54, 1.807) is 12.3 Å². The van der Waals surface area contributed by atoms with Gasteiger partial charge in [-0.3, -0.25) is 10.1 Å². The van der Waals surface area contributed by atoms with E-state index in [1.165, 1.54) is 18.3 Å². The predicted molar refractivity (Wildman–Crippen MR) is 89.0 cm³/mol. The van der Waals surface area contributed by atoms with Crippen LogP contribution < -0.4 is 10.1 Å². The second kappa shape index (κ2) is 7.19. The molecule has 0 aliphatic heterocycles. The van der Waals surface area contributed by atoms with Gasteiger partial charge in [0.2, 0.25) is 11.7 Å². The summed E-state index contributed by atoms with van der Waals surface area (Å²) in [6, 6.07) is 15.9. The zero-order valence-electron chi connectivity index (χ0n) is 12.6. The standard InChI is InChI=1S/C17H14N4O3/c22-21(23)15-7-4-10-18-17(15)20-12-13-8-9-16(19-11-13)24-14-5-2-1-3-6-14/h1-11H,12H2,(H,18,20). The summed E-state index contributed by atoms with van der Waals surface area (Å²) >= 11 is 0. The molecule has 3 rings (SSSR count). The molecule has 0 saturated carbocycles. The van der Waals surface area contributed by atoms with Crippen LogP contribution in [0.25, 0.3) is 0 Å². The minimum atomic E-state index is -0.468. The zero-order chi connectivity index (χ0) is 16.8. The number of nitrogens with one attached hydrogen (secondary N) is 1. The molecule has 1 N–H and O–H groups in total. The Morgan fingerprint density at radius 3 is 2.58 bits per heavy atom. The lowest BCUT2D eigenvalue weighted by atomic mass is 10.3. The molecule has 0 spiro atoms. The van der Waals surface area contributed by atoms with Crippen molar-refractivity contribution in [3.63, 3.8) is 0 Å². The van der Waals surface area contributed by atoms with Gasteiger partial charge in [0.15, 0.2) is 0 Å². The summed E-state index contributed by atoms with van der Waals surface area (Å²) in [7, 11) is 0. The number of anilines is 1. The highest BCUT2D eigenvalue weighted by molar-refractivity contribution is 5.55. The number of nitrogens with zero attached hydrogens (tertiary/aromatic N) is 3. The van der Waals surface area contributed by atoms with Gasteiger partial charge < -0.3 is 10.1 Å². The van der Waals surface area contributed by atoms with Crippen molar-refractivity contribution in [2.24, 2.45) is 0 Å². The molecule has 0 unspecified atom stereocenters. The molecule has 0 bridgehead atoms. The van der Waals surface area contributed by atoms with Crippen LogP contribution in [0.15, 0.2) is 67.0 Å². The average molecular weight is 322 g/mol. The van der Waals surface area contributed by atoms with Gasteiger partial charge in [-0.05, 0) is 23.8 Å². The van der Waals surface area contributed by atoms with Crippen molar-refractivity contribution in [2.75, 3.05) is 5.32 Å². The maximum atomic E-state index is 10.9. The fourth-order valence-corrected chi connectivity index (χ4v) is 2.05. The summed E-state index contributed by atoms with van der Waals surface area (Å²) in [5, 5.41) is 13.9. The van der Waals surface area contributed by atoms with E-state index in [9.17, 15) is 10.1 Å². The molecular weight excluding hydrogens is 308 g/mol. The van der Waals surface area contributed by atoms with Crippen molar-refractivity contribution in [1.29, 1.82) is 0 Å². The van der Waals surface area contributed by atoms with Gasteiger partial charge in [0.05, 0.1) is 4.92 Å². The highest BCUT2D eigenvalue weighted by atomic mass is 16.6. The van der Waals surface area contributed by atoms with Gasteiger partial charge in [0.1, 0.15) is 5.75 Å². The lowest BCUT2D eigenvalue weighted by Crippen LogP contribution is -2.04. The Kier molecular flexibility index (Phi) is 4.62. The number of nitro groups is 1. The Labute approximate surface area is 138 Å². The van der Waals surface area contributed by atoms with Crippen LogP contribution in [0.3, 0.4) is 0 Å². The van der Waals surface area contributed by atoms with Crippen molar-refractivity contribution >= 4 is 11.5 Å². The third kappa shape index (κ3) is 3.83. The third-order valence-electron chi connectivity index (χ3n) is 3.21. The second-order valence-electron chi connectivity index (χ2n) is 4.90. The number of rotatable bonds is 6. The quantitative estimate of drug-likeness (QED) is 0.548. The first kappa shape index (κ1) is 15.4. The maximum Gasteiger partial charge on any atom is 0.311 e. The minimum Gasteiger partial charge on any atom is -0.439 e. The van der Waals surface area contributed by atoms with Crippen molar-refractivity contribution in [3.05, 3.63) is 82.7 Å². The predicted octanol–water partition coefficient (Wildman–Crippen LogP) is 3.79. The molecule has 2 heterocycles. The molecule has 0 fully saturated rings. The summed E-state index contributed by atoms with van der Waals surface area (Å²) in [5.41, 5.74) is 0.796. The van der Waals surface area contributed by atoms with Crippen LogP contribution in [0.5, 0.6) is 11.6 Å². The molecule has 7 heteroatoms. The molecule has 0 atom stereocenters. The average Bonchev–Trinajstić information content (AvgIpc) is 2.62. The lowest BCUT2D eigenvalue weighted by Gasteiger charge is -2.07. The molecule has 0 aliphatic carbocycles. The monoisotopic (exact) mass is 322 g/mol. The normalized spacial score (nSPS) is 10.2. The zero-order valence-corrected chi connectivity index (χ0v) is 12.6. The number of para-hydroxylation sites is 1. The Hall–Kier alpha value is -3.48. The van der Waals surface area contributed by atoms with Gasteiger partial charge in [-0.25, -0.2) is 9.97 Å². The molecule has 2 aromatic heterocycles. The molecule has 24 heavy (non-hydrogen) atoms. The van der Waals surface area contributed by atoms with Gasteiger partial charge in [-0.1, -0.05) is 24.3 Å². The Morgan fingerprint density at radius 2 is 1.88 bits per heavy atom. The van der Waals surface area contributed by atoms with Crippen LogP contribution in [0.4, 0.5) is 11.5 Å². The number of ether oxygens (including phenoxy) is 1. The van der Waals surface area contributed by atoms with E-state index in [4.69, 9.17) is 4.74 Å². The molecular formula is C17H14N4O3. The SMILES string of the molecule is O=[N+]([O-])c1cccnc1NCc1ccc(Oc2ccccc2)nc1. The summed E-state index contributed by atoms with van der Waals surface area (Å²) in [6.45, 7) is 0.371. The number of hydrogen-bond donors (Lipinski definition) is 1. The van der Waals surface area contributed by atoms with Crippen LogP contribution in [-0.4, -0.2) is 14.9 Å². The molecule has 0 saturated heterocycles. The fraction of sp³-hybridized carbons (Fsp3) is 0.0588. The number of pyridine rings is 2. The summed E-state index contributed by atoms with van der Waals surface area (Å²) < 4.78 is 5.61. The van der Waals surface area contributed by atoms with Crippen molar-refractivity contribution in [1.82, 2.24) is 9.97 Å². The molecule has 3 aromatic rings. The Bertz CT molecular complexity index is 823. The van der Waals surface area contributed by atoms with Gasteiger partial charge in [0, 0.05) is 31.1 Å². The third-order valence-corrected chi connectivity index (χ3v) is 3.21. The highest BCUT2D eigenvalue weighted by Gasteiger charge is 2.13. The van der Waals surface area contributed by atoms with Crippen LogP contribution >= 0.6 is 0 Å². The Balaban J connectivity index is 1.64. The number of benzene rings is 1. The fourth-order valence-electron chi connectivity index (χ4n) is 2.05. The van der Waals surface area contributed by atoms with E-state index in [0.717, 1.165) is 5.56 Å². The van der Waals surface area contributed by atoms with E-state index in [2.05, 4.69) is 15.3 Å². The van der Waals surface area contributed by atoms with E-state index in [0.29, 0.717) is 18.2 Å². The number of aromatic nitrogens is 2. The molecule has 0 aliphatic rings. The molecule has 7 nitrogen and oxygen atoms in total. The van der Waals surface area contributed by atoms with E-state index < -0.39 is 4.92 Å². The van der Waals surface area contributed by atoms with Crippen molar-refractivity contribution < 1.29 is 9.66 Å². The van der Waals surface area contributed by atoms with E-state index in [-0.39, 0.29) is 11.5 Å². The first-order valence-electron chi connectivity index (χ1n) is 7.23. The lowest BCUT2D eigenvalue weighted by molar-refractivity contribution is -0.384. The van der Waals surface area contributed by atoms with Gasteiger partial charge in [-0.2, -0.15) is 0 Å². The van der Waals surface area contributed by atoms with Crippen LogP contribution in [0, 0.1) is 10.1 Å². The van der Waals surface area contributed by atoms with Crippen LogP contribution in [-0.2, 0) is 6.54 Å². The maximum absolute atomic E-state index is 10.9. The highest BCUT2D eigenvalue weighted by Crippen LogP contribution is 2.22. The molecule has 1 aromatic carbocycles. The molecule has 0 radical (unpaired) electrons. The first-order chi connectivity index (χ1) is 11.7. The Morgan fingerprint density at radius 1 is 1.04 bits per heavy atom. The minimum absolute atomic E-state index is 0.0607.